The first-order valence-corrected chi connectivity index (χ1v) is 9.95. The van der Waals surface area contributed by atoms with Crippen molar-refractivity contribution in [3.8, 4) is 0 Å². The van der Waals surface area contributed by atoms with E-state index in [-0.39, 0.29) is 23.7 Å². The second-order valence-corrected chi connectivity index (χ2v) is 7.35. The Kier molecular flexibility index (Phi) is 6.00. The summed E-state index contributed by atoms with van der Waals surface area (Å²) in [5.41, 5.74) is 3.10. The van der Waals surface area contributed by atoms with Gasteiger partial charge in [0.15, 0.2) is 0 Å². The minimum Gasteiger partial charge on any atom is -0.352 e. The summed E-state index contributed by atoms with van der Waals surface area (Å²) in [7, 11) is 0. The molecule has 1 heterocycles. The van der Waals surface area contributed by atoms with Gasteiger partial charge in [0.05, 0.1) is 6.04 Å². The first-order valence-electron chi connectivity index (χ1n) is 9.42. The zero-order valence-electron chi connectivity index (χ0n) is 14.9. The first kappa shape index (κ1) is 18.2. The molecule has 1 N–H and O–H groups in total. The van der Waals surface area contributed by atoms with Crippen LogP contribution < -0.4 is 5.32 Å². The van der Waals surface area contributed by atoms with E-state index in [1.807, 2.05) is 24.0 Å². The van der Waals surface area contributed by atoms with Crippen LogP contribution in [-0.2, 0) is 11.2 Å². The number of alkyl halides is 1. The zero-order chi connectivity index (χ0) is 17.8. The number of amides is 2. The highest BCUT2D eigenvalue weighted by Gasteiger charge is 2.36. The molecule has 1 fully saturated rings. The van der Waals surface area contributed by atoms with Gasteiger partial charge in [0.2, 0.25) is 5.91 Å². The van der Waals surface area contributed by atoms with Crippen LogP contribution in [0.2, 0.25) is 0 Å². The third kappa shape index (κ3) is 3.84. The van der Waals surface area contributed by atoms with E-state index in [2.05, 4.69) is 11.4 Å². The smallest absolute Gasteiger partial charge is 0.251 e. The van der Waals surface area contributed by atoms with Crippen LogP contribution in [0.4, 0.5) is 0 Å². The Labute approximate surface area is 154 Å². The average Bonchev–Trinajstić information content (AvgIpc) is 2.66. The fourth-order valence-electron chi connectivity index (χ4n) is 4.36. The Balaban J connectivity index is 1.99. The largest absolute Gasteiger partial charge is 0.352 e. The molecule has 0 saturated heterocycles. The summed E-state index contributed by atoms with van der Waals surface area (Å²) in [6.45, 7) is 3.25. The molecule has 5 heteroatoms. The van der Waals surface area contributed by atoms with Gasteiger partial charge in [-0.15, -0.1) is 11.6 Å². The number of hydrogen-bond acceptors (Lipinski definition) is 2. The summed E-state index contributed by atoms with van der Waals surface area (Å²) in [6, 6.07) is 6.04. The van der Waals surface area contributed by atoms with Gasteiger partial charge in [-0.2, -0.15) is 0 Å². The van der Waals surface area contributed by atoms with Gasteiger partial charge < -0.3 is 10.2 Å². The molecule has 4 nitrogen and oxygen atoms in total. The van der Waals surface area contributed by atoms with Gasteiger partial charge in [-0.25, -0.2) is 0 Å². The highest BCUT2D eigenvalue weighted by Crippen LogP contribution is 2.42. The molecule has 0 radical (unpaired) electrons. The molecule has 1 aromatic carbocycles. The van der Waals surface area contributed by atoms with E-state index in [0.29, 0.717) is 18.0 Å². The van der Waals surface area contributed by atoms with Crippen molar-refractivity contribution in [2.24, 2.45) is 5.92 Å². The van der Waals surface area contributed by atoms with Crippen LogP contribution in [0.25, 0.3) is 0 Å². The van der Waals surface area contributed by atoms with Crippen molar-refractivity contribution in [3.63, 3.8) is 0 Å². The highest BCUT2D eigenvalue weighted by atomic mass is 35.5. The van der Waals surface area contributed by atoms with Gasteiger partial charge in [0, 0.05) is 18.7 Å². The Morgan fingerprint density at radius 1 is 1.24 bits per heavy atom. The van der Waals surface area contributed by atoms with Gasteiger partial charge in [-0.05, 0) is 55.4 Å². The summed E-state index contributed by atoms with van der Waals surface area (Å²) in [5.74, 6) is 0.443. The zero-order valence-corrected chi connectivity index (χ0v) is 15.6. The molecule has 1 saturated carbocycles. The van der Waals surface area contributed by atoms with E-state index < -0.39 is 0 Å². The van der Waals surface area contributed by atoms with Crippen LogP contribution in [0.3, 0.4) is 0 Å². The van der Waals surface area contributed by atoms with E-state index in [4.69, 9.17) is 11.6 Å². The molecule has 25 heavy (non-hydrogen) atoms. The molecule has 2 amide bonds. The van der Waals surface area contributed by atoms with Gasteiger partial charge >= 0.3 is 0 Å². The number of hydrogen-bond donors (Lipinski definition) is 1. The monoisotopic (exact) mass is 362 g/mol. The molecule has 2 aliphatic rings. The topological polar surface area (TPSA) is 49.4 Å². The molecular formula is C20H27ClN2O2. The molecule has 1 aliphatic carbocycles. The van der Waals surface area contributed by atoms with Crippen LogP contribution in [0, 0.1) is 5.92 Å². The van der Waals surface area contributed by atoms with Crippen molar-refractivity contribution in [2.45, 2.75) is 51.5 Å². The molecule has 1 unspecified atom stereocenters. The molecule has 1 aliphatic heterocycles. The molecule has 136 valence electrons. The summed E-state index contributed by atoms with van der Waals surface area (Å²) in [4.78, 5) is 26.7. The SMILES string of the molecule is CCNC(=O)c1ccc2c(c1)C(C1CCCCC1)N(C(=O)CCl)CC2. The third-order valence-corrected chi connectivity index (χ3v) is 5.78. The standard InChI is InChI=1S/C20H27ClN2O2/c1-2-22-20(25)16-9-8-14-10-11-23(18(24)13-21)19(17(14)12-16)15-6-4-3-5-7-15/h8-9,12,15,19H,2-7,10-11,13H2,1H3,(H,22,25). The van der Waals surface area contributed by atoms with Crippen LogP contribution in [0.5, 0.6) is 0 Å². The van der Waals surface area contributed by atoms with Crippen molar-refractivity contribution in [1.82, 2.24) is 10.2 Å². The highest BCUT2D eigenvalue weighted by molar-refractivity contribution is 6.27. The van der Waals surface area contributed by atoms with Crippen molar-refractivity contribution >= 4 is 23.4 Å². The Morgan fingerprint density at radius 3 is 2.68 bits per heavy atom. The number of nitrogens with one attached hydrogen (secondary N) is 1. The lowest BCUT2D eigenvalue weighted by atomic mass is 9.77. The third-order valence-electron chi connectivity index (χ3n) is 5.55. The summed E-state index contributed by atoms with van der Waals surface area (Å²) >= 11 is 5.88. The molecule has 0 bridgehead atoms. The number of benzene rings is 1. The number of carbonyl (C=O) groups is 2. The minimum atomic E-state index is -0.0477. The second-order valence-electron chi connectivity index (χ2n) is 7.09. The second kappa shape index (κ2) is 8.22. The quantitative estimate of drug-likeness (QED) is 0.830. The van der Waals surface area contributed by atoms with Crippen molar-refractivity contribution in [3.05, 3.63) is 34.9 Å². The molecule has 1 atom stereocenters. The van der Waals surface area contributed by atoms with Crippen LogP contribution >= 0.6 is 11.6 Å². The Hall–Kier alpha value is -1.55. The maximum atomic E-state index is 12.5. The lowest BCUT2D eigenvalue weighted by Gasteiger charge is -2.43. The predicted molar refractivity (Wildman–Crippen MR) is 99.9 cm³/mol. The number of carbonyl (C=O) groups excluding carboxylic acids is 2. The van der Waals surface area contributed by atoms with Crippen molar-refractivity contribution in [1.29, 1.82) is 0 Å². The lowest BCUT2D eigenvalue weighted by molar-refractivity contribution is -0.133. The van der Waals surface area contributed by atoms with Crippen molar-refractivity contribution < 1.29 is 9.59 Å². The van der Waals surface area contributed by atoms with E-state index in [1.54, 1.807) is 0 Å². The van der Waals surface area contributed by atoms with E-state index in [1.165, 1.54) is 24.8 Å². The average molecular weight is 363 g/mol. The molecule has 3 rings (SSSR count). The fourth-order valence-corrected chi connectivity index (χ4v) is 4.52. The van der Waals surface area contributed by atoms with E-state index >= 15 is 0 Å². The first-order chi connectivity index (χ1) is 12.2. The number of fused-ring (bicyclic) bond motifs is 1. The van der Waals surface area contributed by atoms with Crippen molar-refractivity contribution in [2.75, 3.05) is 19.0 Å². The molecule has 0 aromatic heterocycles. The van der Waals surface area contributed by atoms with Gasteiger partial charge in [-0.3, -0.25) is 9.59 Å². The molecule has 0 spiro atoms. The Morgan fingerprint density at radius 2 is 2.00 bits per heavy atom. The summed E-state index contributed by atoms with van der Waals surface area (Å²) in [5, 5.41) is 2.87. The number of rotatable bonds is 4. The fraction of sp³-hybridized carbons (Fsp3) is 0.600. The molecule has 1 aromatic rings. The Bertz CT molecular complexity index is 641. The van der Waals surface area contributed by atoms with Gasteiger partial charge in [0.25, 0.3) is 5.91 Å². The van der Waals surface area contributed by atoms with Crippen LogP contribution in [0.15, 0.2) is 18.2 Å². The number of nitrogens with zero attached hydrogens (tertiary/aromatic N) is 1. The molecular weight excluding hydrogens is 336 g/mol. The minimum absolute atomic E-state index is 0.00584. The predicted octanol–water partition coefficient (Wildman–Crippen LogP) is 3.68. The summed E-state index contributed by atoms with van der Waals surface area (Å²) in [6.07, 6.45) is 6.82. The van der Waals surface area contributed by atoms with Gasteiger partial charge in [0.1, 0.15) is 5.88 Å². The van der Waals surface area contributed by atoms with Crippen LogP contribution in [0.1, 0.15) is 66.6 Å². The number of halogens is 1. The summed E-state index contributed by atoms with van der Waals surface area (Å²) < 4.78 is 0. The van der Waals surface area contributed by atoms with Gasteiger partial charge in [-0.1, -0.05) is 25.3 Å². The maximum absolute atomic E-state index is 12.5. The van der Waals surface area contributed by atoms with E-state index in [9.17, 15) is 9.59 Å². The maximum Gasteiger partial charge on any atom is 0.251 e. The lowest BCUT2D eigenvalue weighted by Crippen LogP contribution is -2.44. The van der Waals surface area contributed by atoms with Crippen LogP contribution in [-0.4, -0.2) is 35.7 Å². The van der Waals surface area contributed by atoms with E-state index in [0.717, 1.165) is 31.4 Å². The normalized spacial score (nSPS) is 20.9.